The maximum atomic E-state index is 12.3. The van der Waals surface area contributed by atoms with Crippen molar-refractivity contribution >= 4 is 12.2 Å². The van der Waals surface area contributed by atoms with E-state index in [1.807, 2.05) is 10.0 Å². The first-order valence-corrected chi connectivity index (χ1v) is 12.9. The second-order valence-corrected chi connectivity index (χ2v) is 9.40. The van der Waals surface area contributed by atoms with Crippen molar-refractivity contribution in [1.29, 1.82) is 0 Å². The number of ether oxygens (including phenoxy) is 4. The van der Waals surface area contributed by atoms with Crippen molar-refractivity contribution in [2.45, 2.75) is 69.8 Å². The van der Waals surface area contributed by atoms with Gasteiger partial charge in [-0.15, -0.1) is 0 Å². The Hall–Kier alpha value is -2.94. The lowest BCUT2D eigenvalue weighted by Crippen LogP contribution is -2.47. The smallest absolute Gasteiger partial charge is 0.423 e. The fourth-order valence-corrected chi connectivity index (χ4v) is 4.71. The van der Waals surface area contributed by atoms with Crippen molar-refractivity contribution in [2.75, 3.05) is 39.6 Å². The van der Waals surface area contributed by atoms with Crippen LogP contribution in [0.1, 0.15) is 57.6 Å². The van der Waals surface area contributed by atoms with Gasteiger partial charge in [0.15, 0.2) is 6.79 Å². The van der Waals surface area contributed by atoms with Crippen LogP contribution in [0.25, 0.3) is 0 Å². The minimum absolute atomic E-state index is 0.144. The first kappa shape index (κ1) is 27.1. The Morgan fingerprint density at radius 3 is 2.19 bits per heavy atom. The van der Waals surface area contributed by atoms with E-state index in [0.29, 0.717) is 12.8 Å². The number of hydrogen-bond acceptors (Lipinski definition) is 10. The van der Waals surface area contributed by atoms with Gasteiger partial charge in [0.25, 0.3) is 5.56 Å². The molecule has 3 aliphatic heterocycles. The quantitative estimate of drug-likeness (QED) is 0.395. The minimum atomic E-state index is -0.752. The molecule has 3 aliphatic rings. The van der Waals surface area contributed by atoms with Crippen molar-refractivity contribution in [3.8, 4) is 0 Å². The summed E-state index contributed by atoms with van der Waals surface area (Å²) >= 11 is 0. The second-order valence-electron chi connectivity index (χ2n) is 9.40. The van der Waals surface area contributed by atoms with Crippen molar-refractivity contribution in [2.24, 2.45) is 0 Å². The molecule has 3 fully saturated rings. The molecule has 3 atom stereocenters. The third-order valence-corrected chi connectivity index (χ3v) is 6.67. The van der Waals surface area contributed by atoms with E-state index in [1.54, 1.807) is 0 Å². The van der Waals surface area contributed by atoms with Crippen molar-refractivity contribution in [3.05, 3.63) is 33.1 Å². The number of aromatic amines is 1. The normalized spacial score (nSPS) is 23.8. The number of piperidine rings is 2. The molecule has 0 aromatic carbocycles. The largest absolute Gasteiger partial charge is 0.446 e. The number of hydrogen-bond donors (Lipinski definition) is 3. The summed E-state index contributed by atoms with van der Waals surface area (Å²) in [7, 11) is 0. The summed E-state index contributed by atoms with van der Waals surface area (Å²) in [6.07, 6.45) is 5.50. The van der Waals surface area contributed by atoms with Crippen LogP contribution in [0.3, 0.4) is 0 Å². The van der Waals surface area contributed by atoms with Gasteiger partial charge in [-0.05, 0) is 38.5 Å². The van der Waals surface area contributed by atoms with Crippen LogP contribution in [0.4, 0.5) is 9.59 Å². The molecule has 37 heavy (non-hydrogen) atoms. The Morgan fingerprint density at radius 2 is 1.57 bits per heavy atom. The molecule has 14 nitrogen and oxygen atoms in total. The van der Waals surface area contributed by atoms with Gasteiger partial charge in [-0.3, -0.25) is 25.2 Å². The lowest BCUT2D eigenvalue weighted by Gasteiger charge is -2.28. The Labute approximate surface area is 214 Å². The molecule has 4 rings (SSSR count). The number of nitrogens with zero attached hydrogens (tertiary/aromatic N) is 3. The van der Waals surface area contributed by atoms with Crippen molar-refractivity contribution in [1.82, 2.24) is 30.4 Å². The summed E-state index contributed by atoms with van der Waals surface area (Å²) in [6, 6.07) is 1.24. The first-order valence-electron chi connectivity index (χ1n) is 12.9. The highest BCUT2D eigenvalue weighted by Crippen LogP contribution is 2.30. The lowest BCUT2D eigenvalue weighted by atomic mass is 10.1. The molecule has 0 aliphatic carbocycles. The summed E-state index contributed by atoms with van der Waals surface area (Å²) in [4.78, 5) is 50.3. The minimum Gasteiger partial charge on any atom is -0.446 e. The number of rotatable bonds is 9. The summed E-state index contributed by atoms with van der Waals surface area (Å²) in [5.74, 6) is 0. The van der Waals surface area contributed by atoms with Gasteiger partial charge in [0, 0.05) is 38.4 Å². The summed E-state index contributed by atoms with van der Waals surface area (Å²) in [5, 5.41) is 3.63. The molecule has 3 saturated heterocycles. The first-order chi connectivity index (χ1) is 18.0. The predicted molar refractivity (Wildman–Crippen MR) is 129 cm³/mol. The molecule has 3 N–H and O–H groups in total. The highest BCUT2D eigenvalue weighted by molar-refractivity contribution is 5.66. The number of amides is 2. The molecule has 0 bridgehead atoms. The number of aromatic nitrogens is 2. The predicted octanol–water partition coefficient (Wildman–Crippen LogP) is 0.811. The van der Waals surface area contributed by atoms with E-state index in [9.17, 15) is 19.2 Å². The van der Waals surface area contributed by atoms with Gasteiger partial charge < -0.3 is 18.9 Å². The van der Waals surface area contributed by atoms with Crippen molar-refractivity contribution in [3.63, 3.8) is 0 Å². The Kier molecular flexibility index (Phi) is 9.93. The summed E-state index contributed by atoms with van der Waals surface area (Å²) in [6.45, 7) is 2.53. The summed E-state index contributed by atoms with van der Waals surface area (Å²) in [5.41, 5.74) is 4.34. The average Bonchev–Trinajstić information content (AvgIpc) is 3.37. The van der Waals surface area contributed by atoms with Crippen LogP contribution < -0.4 is 22.1 Å². The zero-order chi connectivity index (χ0) is 26.0. The molecule has 0 saturated carbocycles. The van der Waals surface area contributed by atoms with Gasteiger partial charge in [0.1, 0.15) is 18.9 Å². The van der Waals surface area contributed by atoms with Crippen LogP contribution in [0.15, 0.2) is 21.9 Å². The molecular weight excluding hydrogens is 488 g/mol. The van der Waals surface area contributed by atoms with Crippen LogP contribution in [-0.4, -0.2) is 83.5 Å². The van der Waals surface area contributed by atoms with Crippen LogP contribution in [-0.2, 0) is 18.9 Å². The lowest BCUT2D eigenvalue weighted by molar-refractivity contribution is -0.140. The molecule has 1 aromatic rings. The van der Waals surface area contributed by atoms with E-state index in [2.05, 4.69) is 15.8 Å². The van der Waals surface area contributed by atoms with Gasteiger partial charge >= 0.3 is 17.9 Å². The molecule has 2 amide bonds. The number of H-pyrrole nitrogens is 1. The van der Waals surface area contributed by atoms with Gasteiger partial charge in [0.05, 0.1) is 6.10 Å². The highest BCUT2D eigenvalue weighted by Gasteiger charge is 2.35. The van der Waals surface area contributed by atoms with E-state index in [1.165, 1.54) is 16.8 Å². The van der Waals surface area contributed by atoms with E-state index >= 15 is 0 Å². The fourth-order valence-electron chi connectivity index (χ4n) is 4.71. The second kappa shape index (κ2) is 13.6. The average molecular weight is 525 g/mol. The number of hydrazine groups is 2. The van der Waals surface area contributed by atoms with Crippen molar-refractivity contribution < 1.29 is 28.5 Å². The third kappa shape index (κ3) is 8.28. The third-order valence-electron chi connectivity index (χ3n) is 6.67. The number of carbonyl (C=O) groups excluding carboxylic acids is 2. The van der Waals surface area contributed by atoms with Gasteiger partial charge in [0.2, 0.25) is 0 Å². The van der Waals surface area contributed by atoms with E-state index in [4.69, 9.17) is 18.9 Å². The maximum Gasteiger partial charge on any atom is 0.423 e. The zero-order valence-electron chi connectivity index (χ0n) is 20.9. The number of nitrogens with one attached hydrogen (secondary N) is 3. The fraction of sp³-hybridized carbons (Fsp3) is 0.739. The van der Waals surface area contributed by atoms with Gasteiger partial charge in [-0.25, -0.2) is 24.4 Å². The van der Waals surface area contributed by atoms with E-state index < -0.39 is 41.9 Å². The maximum absolute atomic E-state index is 12.3. The van der Waals surface area contributed by atoms with Gasteiger partial charge in [-0.1, -0.05) is 12.8 Å². The molecule has 1 unspecified atom stereocenters. The molecule has 14 heteroatoms. The molecule has 0 spiro atoms. The Balaban J connectivity index is 1.30. The van der Waals surface area contributed by atoms with Crippen LogP contribution >= 0.6 is 0 Å². The van der Waals surface area contributed by atoms with Gasteiger partial charge in [-0.2, -0.15) is 0 Å². The summed E-state index contributed by atoms with van der Waals surface area (Å²) < 4.78 is 23.7. The standard InChI is InChI=1S/C23H36N6O8/c30-19-9-14-29(21(31)24-19)20-8-7-17(37-20)18(15-34-22(32)25-27-10-3-1-4-11-27)35-16-36-23(33)26-28-12-5-2-6-13-28/h9,14,17-18,20H,1-8,10-13,15-16H2,(H,25,32)(H,26,33)(H,24,30,31)/t17-,18?,20+/m0/s1. The zero-order valence-corrected chi connectivity index (χ0v) is 20.9. The number of carbonyl (C=O) groups is 2. The van der Waals surface area contributed by atoms with E-state index in [0.717, 1.165) is 64.7 Å². The SMILES string of the molecule is O=C(NN1CCCCC1)OCOC(COC(=O)NN1CCCCC1)[C@@H]1CC[C@H](n2ccc(=O)[nH]c2=O)O1. The Bertz CT molecular complexity index is 1000. The van der Waals surface area contributed by atoms with Crippen LogP contribution in [0.2, 0.25) is 0 Å². The van der Waals surface area contributed by atoms with E-state index in [-0.39, 0.29) is 13.4 Å². The molecule has 1 aromatic heterocycles. The van der Waals surface area contributed by atoms with Crippen LogP contribution in [0, 0.1) is 0 Å². The Morgan fingerprint density at radius 1 is 0.946 bits per heavy atom. The molecule has 206 valence electrons. The van der Waals surface area contributed by atoms with Crippen LogP contribution in [0.5, 0.6) is 0 Å². The molecular formula is C23H36N6O8. The monoisotopic (exact) mass is 524 g/mol. The molecule has 4 heterocycles. The molecule has 0 radical (unpaired) electrons. The highest BCUT2D eigenvalue weighted by atomic mass is 16.7. The topological polar surface area (TPSA) is 156 Å².